The number of halogens is 1. The molecule has 1 aromatic heterocycles. The van der Waals surface area contributed by atoms with Crippen molar-refractivity contribution in [1.82, 2.24) is 15.6 Å². The van der Waals surface area contributed by atoms with Gasteiger partial charge in [-0.3, -0.25) is 0 Å². The Balaban J connectivity index is 1.71. The van der Waals surface area contributed by atoms with Gasteiger partial charge in [0.1, 0.15) is 16.7 Å². The molecular formula is C24H22ClN3O4. The number of allylic oxidation sites excluding steroid dienone is 1. The average molecular weight is 452 g/mol. The summed E-state index contributed by atoms with van der Waals surface area (Å²) in [5.41, 5.74) is 3.27. The Morgan fingerprint density at radius 3 is 2.75 bits per heavy atom. The van der Waals surface area contributed by atoms with Gasteiger partial charge in [-0.1, -0.05) is 29.8 Å². The zero-order chi connectivity index (χ0) is 22.8. The lowest BCUT2D eigenvalue weighted by Gasteiger charge is -2.28. The maximum Gasteiger partial charge on any atom is 0.338 e. The zero-order valence-electron chi connectivity index (χ0n) is 17.9. The van der Waals surface area contributed by atoms with Gasteiger partial charge in [0, 0.05) is 17.1 Å². The fourth-order valence-electron chi connectivity index (χ4n) is 3.67. The highest BCUT2D eigenvalue weighted by Gasteiger charge is 2.32. The van der Waals surface area contributed by atoms with Gasteiger partial charge in [-0.05, 0) is 56.2 Å². The molecule has 0 fully saturated rings. The Bertz CT molecular complexity index is 1250. The highest BCUT2D eigenvalue weighted by Crippen LogP contribution is 2.34. The molecule has 1 unspecified atom stereocenters. The van der Waals surface area contributed by atoms with Crippen LogP contribution in [0.2, 0.25) is 5.15 Å². The Labute approximate surface area is 190 Å². The van der Waals surface area contributed by atoms with Crippen LogP contribution in [0, 0.1) is 6.92 Å². The molecular weight excluding hydrogens is 430 g/mol. The molecule has 0 saturated carbocycles. The molecule has 3 aromatic rings. The number of hydrogen-bond acceptors (Lipinski definition) is 5. The SMILES string of the molecule is CCOC(=O)C1=C(C)NC(=O)NC1c1cccc(Oc2cc(Cl)nc3cc(C)ccc23)c1. The van der Waals surface area contributed by atoms with E-state index in [1.165, 1.54) is 0 Å². The molecule has 7 nitrogen and oxygen atoms in total. The fraction of sp³-hybridized carbons (Fsp3) is 0.208. The van der Waals surface area contributed by atoms with Crippen molar-refractivity contribution in [3.05, 3.63) is 76.1 Å². The number of ether oxygens (including phenoxy) is 2. The lowest BCUT2D eigenvalue weighted by molar-refractivity contribution is -0.139. The van der Waals surface area contributed by atoms with Gasteiger partial charge in [0.15, 0.2) is 0 Å². The number of hydrogen-bond donors (Lipinski definition) is 2. The summed E-state index contributed by atoms with van der Waals surface area (Å²) >= 11 is 6.21. The summed E-state index contributed by atoms with van der Waals surface area (Å²) in [4.78, 5) is 29.0. The first-order valence-electron chi connectivity index (χ1n) is 10.2. The van der Waals surface area contributed by atoms with Gasteiger partial charge >= 0.3 is 12.0 Å². The third-order valence-corrected chi connectivity index (χ3v) is 5.27. The van der Waals surface area contributed by atoms with Crippen LogP contribution in [-0.2, 0) is 9.53 Å². The van der Waals surface area contributed by atoms with Crippen LogP contribution in [0.15, 0.2) is 59.8 Å². The highest BCUT2D eigenvalue weighted by molar-refractivity contribution is 6.30. The van der Waals surface area contributed by atoms with E-state index in [0.717, 1.165) is 16.5 Å². The van der Waals surface area contributed by atoms with Crippen molar-refractivity contribution in [1.29, 1.82) is 0 Å². The van der Waals surface area contributed by atoms with Crippen LogP contribution in [0.3, 0.4) is 0 Å². The van der Waals surface area contributed by atoms with Crippen LogP contribution >= 0.6 is 11.6 Å². The molecule has 8 heteroatoms. The van der Waals surface area contributed by atoms with Crippen molar-refractivity contribution < 1.29 is 19.1 Å². The van der Waals surface area contributed by atoms with E-state index in [1.54, 1.807) is 38.1 Å². The molecule has 0 bridgehead atoms. The van der Waals surface area contributed by atoms with Crippen LogP contribution in [0.1, 0.15) is 31.0 Å². The number of urea groups is 1. The predicted molar refractivity (Wildman–Crippen MR) is 122 cm³/mol. The van der Waals surface area contributed by atoms with Gasteiger partial charge in [-0.15, -0.1) is 0 Å². The minimum Gasteiger partial charge on any atom is -0.463 e. The van der Waals surface area contributed by atoms with Gasteiger partial charge < -0.3 is 20.1 Å². The smallest absolute Gasteiger partial charge is 0.338 e. The van der Waals surface area contributed by atoms with Gasteiger partial charge in [0.05, 0.1) is 23.7 Å². The second-order valence-electron chi connectivity index (χ2n) is 7.43. The topological polar surface area (TPSA) is 89.5 Å². The second-order valence-corrected chi connectivity index (χ2v) is 7.82. The summed E-state index contributed by atoms with van der Waals surface area (Å²) in [5, 5.41) is 6.57. The number of rotatable bonds is 5. The maximum atomic E-state index is 12.6. The standard InChI is InChI=1S/C24H22ClN3O4/c1-4-31-23(29)21-14(3)26-24(30)28-22(21)15-6-5-7-16(11-15)32-19-12-20(25)27-18-10-13(2)8-9-17(18)19/h5-12,22H,4H2,1-3H3,(H2,26,28,30). The molecule has 0 aliphatic carbocycles. The number of aromatic nitrogens is 1. The number of esters is 1. The van der Waals surface area contributed by atoms with Crippen molar-refractivity contribution in [3.63, 3.8) is 0 Å². The van der Waals surface area contributed by atoms with E-state index in [1.807, 2.05) is 31.2 Å². The first-order chi connectivity index (χ1) is 15.4. The summed E-state index contributed by atoms with van der Waals surface area (Å²) in [6.07, 6.45) is 0. The molecule has 2 aromatic carbocycles. The first kappa shape index (κ1) is 21.6. The molecule has 32 heavy (non-hydrogen) atoms. The third-order valence-electron chi connectivity index (χ3n) is 5.08. The van der Waals surface area contributed by atoms with E-state index in [-0.39, 0.29) is 6.61 Å². The summed E-state index contributed by atoms with van der Waals surface area (Å²) in [7, 11) is 0. The van der Waals surface area contributed by atoms with Crippen LogP contribution in [0.25, 0.3) is 10.9 Å². The van der Waals surface area contributed by atoms with E-state index in [9.17, 15) is 9.59 Å². The molecule has 2 N–H and O–H groups in total. The third kappa shape index (κ3) is 4.38. The van der Waals surface area contributed by atoms with Crippen LogP contribution in [0.4, 0.5) is 4.79 Å². The average Bonchev–Trinajstić information content (AvgIpc) is 2.73. The predicted octanol–water partition coefficient (Wildman–Crippen LogP) is 5.18. The molecule has 1 atom stereocenters. The van der Waals surface area contributed by atoms with Gasteiger partial charge in [-0.25, -0.2) is 14.6 Å². The van der Waals surface area contributed by atoms with Gasteiger partial charge in [0.2, 0.25) is 0 Å². The fourth-order valence-corrected chi connectivity index (χ4v) is 3.86. The van der Waals surface area contributed by atoms with E-state index in [4.69, 9.17) is 21.1 Å². The molecule has 164 valence electrons. The zero-order valence-corrected chi connectivity index (χ0v) is 18.6. The molecule has 0 spiro atoms. The van der Waals surface area contributed by atoms with Crippen LogP contribution < -0.4 is 15.4 Å². The summed E-state index contributed by atoms with van der Waals surface area (Å²) in [6, 6.07) is 13.6. The van der Waals surface area contributed by atoms with E-state index < -0.39 is 18.0 Å². The van der Waals surface area contributed by atoms with E-state index in [2.05, 4.69) is 15.6 Å². The molecule has 1 aliphatic rings. The van der Waals surface area contributed by atoms with Crippen molar-refractivity contribution in [3.8, 4) is 11.5 Å². The normalized spacial score (nSPS) is 15.9. The summed E-state index contributed by atoms with van der Waals surface area (Å²) in [5.74, 6) is 0.597. The number of amides is 2. The van der Waals surface area contributed by atoms with Gasteiger partial charge in [0.25, 0.3) is 0 Å². The lowest BCUT2D eigenvalue weighted by Crippen LogP contribution is -2.45. The van der Waals surface area contributed by atoms with Crippen molar-refractivity contribution in [2.45, 2.75) is 26.8 Å². The minimum absolute atomic E-state index is 0.231. The van der Waals surface area contributed by atoms with E-state index in [0.29, 0.717) is 33.5 Å². The van der Waals surface area contributed by atoms with Crippen LogP contribution in [-0.4, -0.2) is 23.6 Å². The number of carbonyl (C=O) groups excluding carboxylic acids is 2. The lowest BCUT2D eigenvalue weighted by atomic mass is 9.95. The second kappa shape index (κ2) is 8.88. The van der Waals surface area contributed by atoms with E-state index >= 15 is 0 Å². The molecule has 2 heterocycles. The highest BCUT2D eigenvalue weighted by atomic mass is 35.5. The largest absolute Gasteiger partial charge is 0.463 e. The summed E-state index contributed by atoms with van der Waals surface area (Å²) < 4.78 is 11.4. The number of aryl methyl sites for hydroxylation is 1. The Morgan fingerprint density at radius 1 is 1.16 bits per heavy atom. The Morgan fingerprint density at radius 2 is 1.97 bits per heavy atom. The molecule has 1 aliphatic heterocycles. The minimum atomic E-state index is -0.674. The molecule has 0 radical (unpaired) electrons. The van der Waals surface area contributed by atoms with Crippen molar-refractivity contribution in [2.24, 2.45) is 0 Å². The van der Waals surface area contributed by atoms with Crippen molar-refractivity contribution in [2.75, 3.05) is 6.61 Å². The summed E-state index contributed by atoms with van der Waals surface area (Å²) in [6.45, 7) is 5.62. The Hall–Kier alpha value is -3.58. The number of pyridine rings is 1. The maximum absolute atomic E-state index is 12.6. The molecule has 0 saturated heterocycles. The molecule has 4 rings (SSSR count). The monoisotopic (exact) mass is 451 g/mol. The number of carbonyl (C=O) groups is 2. The van der Waals surface area contributed by atoms with Gasteiger partial charge in [-0.2, -0.15) is 0 Å². The Kier molecular flexibility index (Phi) is 6.01. The quantitative estimate of drug-likeness (QED) is 0.412. The number of nitrogens with one attached hydrogen (secondary N) is 2. The number of benzene rings is 2. The first-order valence-corrected chi connectivity index (χ1v) is 10.5. The number of fused-ring (bicyclic) bond motifs is 1. The molecule has 2 amide bonds. The van der Waals surface area contributed by atoms with Crippen LogP contribution in [0.5, 0.6) is 11.5 Å². The number of nitrogens with zero attached hydrogens (tertiary/aromatic N) is 1. The van der Waals surface area contributed by atoms with Crippen molar-refractivity contribution >= 4 is 34.5 Å².